The molecule has 184 valence electrons. The Labute approximate surface area is 191 Å². The van der Waals surface area contributed by atoms with E-state index in [-0.39, 0.29) is 23.3 Å². The highest BCUT2D eigenvalue weighted by atomic mass is 19.4. The number of aromatic carboxylic acids is 1. The van der Waals surface area contributed by atoms with Crippen LogP contribution >= 0.6 is 0 Å². The van der Waals surface area contributed by atoms with Crippen LogP contribution in [0.1, 0.15) is 52.9 Å². The number of allylic oxidation sites excluding steroid dienone is 2. The first-order valence-electron chi connectivity index (χ1n) is 9.99. The number of hydrogen-bond acceptors (Lipinski definition) is 3. The Bertz CT molecular complexity index is 1080. The zero-order valence-corrected chi connectivity index (χ0v) is 18.2. The Morgan fingerprint density at radius 2 is 1.65 bits per heavy atom. The van der Waals surface area contributed by atoms with E-state index in [1.165, 1.54) is 30.4 Å². The summed E-state index contributed by atoms with van der Waals surface area (Å²) in [5, 5.41) is 20.3. The number of rotatable bonds is 8. The van der Waals surface area contributed by atoms with E-state index >= 15 is 0 Å². The van der Waals surface area contributed by atoms with Crippen molar-refractivity contribution < 1.29 is 46.1 Å². The number of halogens is 6. The molecule has 0 fully saturated rings. The maximum Gasteiger partial charge on any atom is 0.416 e. The van der Waals surface area contributed by atoms with Crippen molar-refractivity contribution in [2.24, 2.45) is 0 Å². The lowest BCUT2D eigenvalue weighted by molar-refractivity contribution is -0.139. The molecule has 0 saturated carbocycles. The van der Waals surface area contributed by atoms with Gasteiger partial charge in [-0.2, -0.15) is 26.3 Å². The summed E-state index contributed by atoms with van der Waals surface area (Å²) in [6.07, 6.45) is -6.05. The molecule has 0 spiro atoms. The third kappa shape index (κ3) is 7.57. The van der Waals surface area contributed by atoms with E-state index < -0.39 is 48.2 Å². The van der Waals surface area contributed by atoms with E-state index in [0.29, 0.717) is 5.56 Å². The Kier molecular flexibility index (Phi) is 8.41. The van der Waals surface area contributed by atoms with Crippen molar-refractivity contribution in [3.8, 4) is 11.5 Å². The summed E-state index contributed by atoms with van der Waals surface area (Å²) in [5.74, 6) is -2.29. The van der Waals surface area contributed by atoms with Crippen molar-refractivity contribution in [3.05, 3.63) is 69.8 Å². The molecule has 2 aromatic rings. The first-order chi connectivity index (χ1) is 15.7. The van der Waals surface area contributed by atoms with E-state index in [2.05, 4.69) is 0 Å². The third-order valence-corrected chi connectivity index (χ3v) is 4.66. The molecule has 2 rings (SSSR count). The van der Waals surface area contributed by atoms with Gasteiger partial charge in [-0.3, -0.25) is 0 Å². The molecule has 0 radical (unpaired) electrons. The fraction of sp³-hybridized carbons (Fsp3) is 0.292. The number of carboxylic acids is 1. The lowest BCUT2D eigenvalue weighted by Crippen LogP contribution is -2.14. The zero-order chi connectivity index (χ0) is 25.7. The van der Waals surface area contributed by atoms with Gasteiger partial charge in [0.15, 0.2) is 0 Å². The highest BCUT2D eigenvalue weighted by Gasteiger charge is 2.30. The molecular weight excluding hydrogens is 466 g/mol. The van der Waals surface area contributed by atoms with Crippen LogP contribution in [0.4, 0.5) is 26.3 Å². The molecule has 0 heterocycles. The topological polar surface area (TPSA) is 66.8 Å². The summed E-state index contributed by atoms with van der Waals surface area (Å²) >= 11 is 0. The first kappa shape index (κ1) is 26.8. The molecule has 0 unspecified atom stereocenters. The second kappa shape index (κ2) is 10.7. The number of alkyl halides is 6. The normalized spacial score (nSPS) is 12.1. The lowest BCUT2D eigenvalue weighted by atomic mass is 9.97. The molecule has 0 amide bonds. The summed E-state index contributed by atoms with van der Waals surface area (Å²) in [7, 11) is 0. The van der Waals surface area contributed by atoms with Crippen molar-refractivity contribution in [2.45, 2.75) is 39.0 Å². The monoisotopic (exact) mass is 488 g/mol. The van der Waals surface area contributed by atoms with Crippen LogP contribution in [0, 0.1) is 0 Å². The minimum absolute atomic E-state index is 0.00690. The van der Waals surface area contributed by atoms with E-state index in [0.717, 1.165) is 17.7 Å². The van der Waals surface area contributed by atoms with Crippen molar-refractivity contribution in [1.29, 1.82) is 0 Å². The summed E-state index contributed by atoms with van der Waals surface area (Å²) in [5.41, 5.74) is -0.331. The van der Waals surface area contributed by atoms with Gasteiger partial charge in [0.2, 0.25) is 0 Å². The van der Waals surface area contributed by atoms with Crippen LogP contribution in [0.3, 0.4) is 0 Å². The highest BCUT2D eigenvalue weighted by molar-refractivity contribution is 5.97. The van der Waals surface area contributed by atoms with Gasteiger partial charge in [0.25, 0.3) is 0 Å². The predicted octanol–water partition coefficient (Wildman–Crippen LogP) is 7.12. The number of hydrogen-bond donors (Lipinski definition) is 2. The average Bonchev–Trinajstić information content (AvgIpc) is 2.69. The molecule has 4 nitrogen and oxygen atoms in total. The highest BCUT2D eigenvalue weighted by Crippen LogP contribution is 2.37. The van der Waals surface area contributed by atoms with Gasteiger partial charge in [0, 0.05) is 5.56 Å². The fourth-order valence-corrected chi connectivity index (χ4v) is 2.94. The minimum Gasteiger partial charge on any atom is -0.507 e. The largest absolute Gasteiger partial charge is 0.507 e. The third-order valence-electron chi connectivity index (χ3n) is 4.66. The molecule has 0 aliphatic heterocycles. The molecule has 0 aromatic heterocycles. The molecular formula is C24H22F6O4. The average molecular weight is 488 g/mol. The first-order valence-corrected chi connectivity index (χ1v) is 9.99. The molecule has 10 heteroatoms. The number of ether oxygens (including phenoxy) is 1. The molecule has 34 heavy (non-hydrogen) atoms. The van der Waals surface area contributed by atoms with E-state index in [9.17, 15) is 41.4 Å². The second-order valence-corrected chi connectivity index (χ2v) is 7.62. The zero-order valence-electron chi connectivity index (χ0n) is 18.2. The maximum absolute atomic E-state index is 12.7. The Balaban J connectivity index is 2.51. The van der Waals surface area contributed by atoms with Crippen molar-refractivity contribution in [1.82, 2.24) is 0 Å². The molecule has 0 aliphatic rings. The van der Waals surface area contributed by atoms with Gasteiger partial charge in [-0.1, -0.05) is 35.9 Å². The second-order valence-electron chi connectivity index (χ2n) is 7.62. The van der Waals surface area contributed by atoms with E-state index in [4.69, 9.17) is 4.74 Å². The smallest absolute Gasteiger partial charge is 0.416 e. The Hall–Kier alpha value is -3.43. The van der Waals surface area contributed by atoms with Crippen LogP contribution < -0.4 is 4.74 Å². The maximum atomic E-state index is 12.7. The molecule has 2 aromatic carbocycles. The quantitative estimate of drug-likeness (QED) is 0.236. The van der Waals surface area contributed by atoms with Gasteiger partial charge < -0.3 is 14.9 Å². The molecule has 2 N–H and O–H groups in total. The van der Waals surface area contributed by atoms with Gasteiger partial charge in [0.05, 0.1) is 18.6 Å². The summed E-state index contributed by atoms with van der Waals surface area (Å²) in [6.45, 7) is 2.75. The fourth-order valence-electron chi connectivity index (χ4n) is 2.94. The Morgan fingerprint density at radius 1 is 1.03 bits per heavy atom. The molecule has 0 aliphatic carbocycles. The molecule has 0 bridgehead atoms. The van der Waals surface area contributed by atoms with Crippen molar-refractivity contribution in [3.63, 3.8) is 0 Å². The van der Waals surface area contributed by atoms with E-state index in [1.54, 1.807) is 19.9 Å². The van der Waals surface area contributed by atoms with Crippen LogP contribution in [-0.2, 0) is 12.6 Å². The van der Waals surface area contributed by atoms with Gasteiger partial charge in [0.1, 0.15) is 17.1 Å². The van der Waals surface area contributed by atoms with Gasteiger partial charge >= 0.3 is 18.3 Å². The minimum atomic E-state index is -4.52. The van der Waals surface area contributed by atoms with Gasteiger partial charge in [-0.25, -0.2) is 4.79 Å². The number of aromatic hydroxyl groups is 1. The van der Waals surface area contributed by atoms with E-state index in [1.807, 2.05) is 0 Å². The number of carboxylic acid groups (broad SMARTS) is 1. The predicted molar refractivity (Wildman–Crippen MR) is 115 cm³/mol. The van der Waals surface area contributed by atoms with Gasteiger partial charge in [-0.05, 0) is 49.6 Å². The van der Waals surface area contributed by atoms with Gasteiger partial charge in [-0.15, -0.1) is 0 Å². The van der Waals surface area contributed by atoms with Crippen LogP contribution in [0.25, 0.3) is 12.2 Å². The SMILES string of the molecule is CC(C)=CCc1c(OCCC(F)(F)F)cc(/C=C/c2ccc(C(F)(F)F)cc2)c(C(=O)O)c1O. The summed E-state index contributed by atoms with van der Waals surface area (Å²) < 4.78 is 81.1. The van der Waals surface area contributed by atoms with Crippen molar-refractivity contribution >= 4 is 18.1 Å². The number of benzene rings is 2. The van der Waals surface area contributed by atoms with Crippen molar-refractivity contribution in [2.75, 3.05) is 6.61 Å². The summed E-state index contributed by atoms with van der Waals surface area (Å²) in [4.78, 5) is 11.8. The van der Waals surface area contributed by atoms with Crippen LogP contribution in [0.5, 0.6) is 11.5 Å². The number of carbonyl (C=O) groups is 1. The Morgan fingerprint density at radius 3 is 2.15 bits per heavy atom. The molecule has 0 atom stereocenters. The van der Waals surface area contributed by atoms with Crippen LogP contribution in [0.15, 0.2) is 42.0 Å². The van der Waals surface area contributed by atoms with Crippen LogP contribution in [0.2, 0.25) is 0 Å². The summed E-state index contributed by atoms with van der Waals surface area (Å²) in [6, 6.07) is 5.23. The molecule has 0 saturated heterocycles. The number of phenols is 1. The van der Waals surface area contributed by atoms with Crippen LogP contribution in [-0.4, -0.2) is 29.0 Å². The standard InChI is InChI=1S/C24H22F6O4/c1-14(2)3-10-18-19(34-12-11-23(25,26)27)13-16(20(21(18)31)22(32)33)7-4-15-5-8-17(9-6-15)24(28,29)30/h3-9,13,31H,10-12H2,1-2H3,(H,32,33)/b7-4+. The lowest BCUT2D eigenvalue weighted by Gasteiger charge is -2.17.